The molecule has 2 aromatic heterocycles. The molecule has 6 rings (SSSR count). The van der Waals surface area contributed by atoms with E-state index in [2.05, 4.69) is 20.8 Å². The number of anilines is 2. The monoisotopic (exact) mass is 747 g/mol. The van der Waals surface area contributed by atoms with Gasteiger partial charge in [-0.15, -0.1) is 9.05 Å². The average Bonchev–Trinajstić information content (AvgIpc) is 3.74. The lowest BCUT2D eigenvalue weighted by molar-refractivity contribution is -0.112. The predicted molar refractivity (Wildman–Crippen MR) is 203 cm³/mol. The van der Waals surface area contributed by atoms with Crippen LogP contribution in [0.3, 0.4) is 0 Å². The molecule has 0 saturated carbocycles. The van der Waals surface area contributed by atoms with Crippen LogP contribution in [0.1, 0.15) is 22.3 Å². The molecule has 272 valence electrons. The molecule has 11 nitrogen and oxygen atoms in total. The summed E-state index contributed by atoms with van der Waals surface area (Å²) in [4.78, 5) is 25.2. The van der Waals surface area contributed by atoms with E-state index < -0.39 is 8.25 Å². The number of aromatic nitrogens is 4. The van der Waals surface area contributed by atoms with Gasteiger partial charge in [-0.2, -0.15) is 10.2 Å². The number of aryl methyl sites for hydroxylation is 2. The summed E-state index contributed by atoms with van der Waals surface area (Å²) in [6, 6.07) is 25.7. The number of hydrogen-bond donors (Lipinski definition) is 2. The van der Waals surface area contributed by atoms with Crippen LogP contribution in [0, 0.1) is 11.6 Å². The van der Waals surface area contributed by atoms with Crippen molar-refractivity contribution in [2.45, 2.75) is 13.2 Å². The van der Waals surface area contributed by atoms with Gasteiger partial charge >= 0.3 is 8.25 Å². The van der Waals surface area contributed by atoms with Crippen LogP contribution in [-0.4, -0.2) is 31.4 Å². The van der Waals surface area contributed by atoms with E-state index in [4.69, 9.17) is 9.05 Å². The maximum atomic E-state index is 13.4. The van der Waals surface area contributed by atoms with E-state index in [1.807, 2.05) is 0 Å². The highest BCUT2D eigenvalue weighted by Crippen LogP contribution is 2.29. The molecule has 0 fully saturated rings. The van der Waals surface area contributed by atoms with Crippen LogP contribution >= 0.6 is 8.25 Å². The van der Waals surface area contributed by atoms with E-state index >= 15 is 0 Å². The normalized spacial score (nSPS) is 11.3. The van der Waals surface area contributed by atoms with E-state index in [0.717, 1.165) is 22.3 Å². The van der Waals surface area contributed by atoms with Crippen molar-refractivity contribution in [1.29, 1.82) is 0 Å². The largest absolute Gasteiger partial charge is 0.698 e. The lowest BCUT2D eigenvalue weighted by Crippen LogP contribution is -2.07. The fourth-order valence-electron chi connectivity index (χ4n) is 5.28. The Kier molecular flexibility index (Phi) is 12.0. The SMILES string of the molecule is Cn1cc(/C=C/C(=O)Nc2ccc(CO[P+](=O)OCc3ccc(NC(=O)/C=C/c4cn(C)nc4-c4ccc(F)cc4)cc3)cc2)c(-c2ccc(F)cc2)n1. The van der Waals surface area contributed by atoms with Crippen molar-refractivity contribution in [1.82, 2.24) is 19.6 Å². The molecule has 0 spiro atoms. The van der Waals surface area contributed by atoms with Gasteiger partial charge in [0.15, 0.2) is 0 Å². The molecule has 0 radical (unpaired) electrons. The van der Waals surface area contributed by atoms with E-state index in [-0.39, 0.29) is 36.7 Å². The zero-order valence-corrected chi connectivity index (χ0v) is 30.0. The highest BCUT2D eigenvalue weighted by Gasteiger charge is 2.21. The maximum absolute atomic E-state index is 13.4. The quantitative estimate of drug-likeness (QED) is 0.0845. The number of carbonyl (C=O) groups is 2. The maximum Gasteiger partial charge on any atom is 0.698 e. The molecule has 0 aliphatic rings. The highest BCUT2D eigenvalue weighted by atomic mass is 31.1. The van der Waals surface area contributed by atoms with Crippen LogP contribution in [-0.2, 0) is 50.5 Å². The van der Waals surface area contributed by atoms with E-state index in [1.165, 1.54) is 36.4 Å². The smallest absolute Gasteiger partial charge is 0.323 e. The second-order valence-corrected chi connectivity index (χ2v) is 13.0. The van der Waals surface area contributed by atoms with Crippen molar-refractivity contribution < 1.29 is 32.0 Å². The second-order valence-electron chi connectivity index (χ2n) is 12.0. The zero-order valence-electron chi connectivity index (χ0n) is 29.1. The number of amides is 2. The topological polar surface area (TPSA) is 129 Å². The lowest BCUT2D eigenvalue weighted by atomic mass is 10.1. The first-order valence-corrected chi connectivity index (χ1v) is 17.7. The fraction of sp³-hybridized carbons (Fsp3) is 0.100. The Balaban J connectivity index is 0.921. The Labute approximate surface area is 310 Å². The molecule has 0 bridgehead atoms. The molecule has 2 amide bonds. The van der Waals surface area contributed by atoms with Crippen LogP contribution in [0.4, 0.5) is 20.2 Å². The van der Waals surface area contributed by atoms with Gasteiger partial charge in [-0.3, -0.25) is 19.0 Å². The van der Waals surface area contributed by atoms with Crippen molar-refractivity contribution in [3.8, 4) is 22.5 Å². The summed E-state index contributed by atoms with van der Waals surface area (Å²) in [5.41, 5.74) is 6.66. The predicted octanol–water partition coefficient (Wildman–Crippen LogP) is 8.46. The Hall–Kier alpha value is -6.40. The number of hydrogen-bond acceptors (Lipinski definition) is 7. The third kappa shape index (κ3) is 10.4. The molecule has 14 heteroatoms. The van der Waals surface area contributed by atoms with Crippen LogP contribution in [0.25, 0.3) is 34.7 Å². The highest BCUT2D eigenvalue weighted by molar-refractivity contribution is 7.33. The van der Waals surface area contributed by atoms with Crippen molar-refractivity contribution in [3.05, 3.63) is 155 Å². The van der Waals surface area contributed by atoms with Gasteiger partial charge in [0.05, 0.1) is 11.4 Å². The molecule has 54 heavy (non-hydrogen) atoms. The summed E-state index contributed by atoms with van der Waals surface area (Å²) in [5.74, 6) is -1.39. The summed E-state index contributed by atoms with van der Waals surface area (Å²) in [7, 11) is 1.11. The number of carbonyl (C=O) groups excluding carboxylic acids is 2. The van der Waals surface area contributed by atoms with Crippen LogP contribution in [0.5, 0.6) is 0 Å². The molecule has 0 unspecified atom stereocenters. The molecule has 4 aromatic carbocycles. The van der Waals surface area contributed by atoms with Gasteiger partial charge in [0.2, 0.25) is 11.8 Å². The zero-order chi connectivity index (χ0) is 38.0. The van der Waals surface area contributed by atoms with Gasteiger partial charge < -0.3 is 10.6 Å². The van der Waals surface area contributed by atoms with Gasteiger partial charge in [-0.05, 0) is 96.1 Å². The van der Waals surface area contributed by atoms with Crippen molar-refractivity contribution >= 4 is 43.6 Å². The second kappa shape index (κ2) is 17.4. The van der Waals surface area contributed by atoms with E-state index in [0.29, 0.717) is 33.9 Å². The lowest BCUT2D eigenvalue weighted by Gasteiger charge is -2.04. The first-order valence-electron chi connectivity index (χ1n) is 16.6. The summed E-state index contributed by atoms with van der Waals surface area (Å²) in [6.07, 6.45) is 9.60. The third-order valence-electron chi connectivity index (χ3n) is 7.89. The number of nitrogens with one attached hydrogen (secondary N) is 2. The minimum Gasteiger partial charge on any atom is -0.323 e. The van der Waals surface area contributed by atoms with E-state index in [9.17, 15) is 22.9 Å². The van der Waals surface area contributed by atoms with Crippen LogP contribution in [0.2, 0.25) is 0 Å². The van der Waals surface area contributed by atoms with Crippen LogP contribution in [0.15, 0.2) is 122 Å². The molecular weight excluding hydrogens is 713 g/mol. The Morgan fingerprint density at radius 2 is 1.00 bits per heavy atom. The molecule has 0 saturated heterocycles. The van der Waals surface area contributed by atoms with Gasteiger partial charge in [0.1, 0.15) is 24.8 Å². The van der Waals surface area contributed by atoms with Gasteiger partial charge in [-0.25, -0.2) is 8.78 Å². The minimum atomic E-state index is -2.42. The van der Waals surface area contributed by atoms with Crippen molar-refractivity contribution in [2.24, 2.45) is 14.1 Å². The first-order chi connectivity index (χ1) is 26.1. The molecule has 0 atom stereocenters. The Morgan fingerprint density at radius 1 is 0.630 bits per heavy atom. The number of benzene rings is 4. The van der Waals surface area contributed by atoms with Gasteiger partial charge in [0, 0.05) is 76.8 Å². The third-order valence-corrected chi connectivity index (χ3v) is 8.57. The fourth-order valence-corrected chi connectivity index (χ4v) is 5.86. The molecular formula is C40H34F2N6O5P+. The molecule has 6 aromatic rings. The number of halogens is 2. The van der Waals surface area contributed by atoms with Crippen molar-refractivity contribution in [3.63, 3.8) is 0 Å². The molecule has 2 N–H and O–H groups in total. The minimum absolute atomic E-state index is 0.0272. The summed E-state index contributed by atoms with van der Waals surface area (Å²) < 4.78 is 53.1. The summed E-state index contributed by atoms with van der Waals surface area (Å²) in [5, 5.41) is 14.4. The van der Waals surface area contributed by atoms with Crippen LogP contribution < -0.4 is 10.6 Å². The standard InChI is InChI=1S/C40H33F2N6O5P/c1-47-23-31(39(45-47)29-7-13-33(41)14-8-29)11-21-37(49)43-35-17-3-27(4-18-35)25-52-54(51)53-26-28-5-19-36(20-6-28)44-38(50)22-12-32-24-48(2)46-40(32)30-9-15-34(42)16-10-30/h3-24H,25-26H2,1-2H3,(H-,43,44,49,50)/p+1/b21-11+,22-12+. The summed E-state index contributed by atoms with van der Waals surface area (Å²) >= 11 is 0. The Bertz CT molecular complexity index is 2160. The Morgan fingerprint density at radius 3 is 1.37 bits per heavy atom. The summed E-state index contributed by atoms with van der Waals surface area (Å²) in [6.45, 7) is 0.0544. The van der Waals surface area contributed by atoms with Gasteiger partial charge in [0.25, 0.3) is 0 Å². The van der Waals surface area contributed by atoms with Crippen molar-refractivity contribution in [2.75, 3.05) is 10.6 Å². The molecule has 0 aliphatic heterocycles. The molecule has 2 heterocycles. The van der Waals surface area contributed by atoms with E-state index in [1.54, 1.807) is 121 Å². The average molecular weight is 748 g/mol. The first kappa shape index (κ1) is 37.4. The van der Waals surface area contributed by atoms with Gasteiger partial charge in [-0.1, -0.05) is 24.3 Å². The number of rotatable bonds is 14. The number of nitrogens with zero attached hydrogens (tertiary/aromatic N) is 4. The molecule has 0 aliphatic carbocycles.